The van der Waals surface area contributed by atoms with Gasteiger partial charge in [0.25, 0.3) is 0 Å². The van der Waals surface area contributed by atoms with Crippen LogP contribution in [0.5, 0.6) is 0 Å². The minimum atomic E-state index is -3.58. The zero-order valence-electron chi connectivity index (χ0n) is 14.4. The van der Waals surface area contributed by atoms with E-state index in [2.05, 4.69) is 0 Å². The van der Waals surface area contributed by atoms with Crippen molar-refractivity contribution in [2.45, 2.75) is 34.6 Å². The third-order valence-electron chi connectivity index (χ3n) is 3.63. The quantitative estimate of drug-likeness (QED) is 0.706. The second-order valence-electron chi connectivity index (χ2n) is 5.56. The van der Waals surface area contributed by atoms with Gasteiger partial charge in [-0.05, 0) is 43.3 Å². The Hall–Kier alpha value is -1.28. The van der Waals surface area contributed by atoms with Gasteiger partial charge >= 0.3 is 0 Å². The average Bonchev–Trinajstić information content (AvgIpc) is 2.60. The van der Waals surface area contributed by atoms with Gasteiger partial charge in [0.15, 0.2) is 5.12 Å². The summed E-state index contributed by atoms with van der Waals surface area (Å²) in [6.45, 7) is 3.28. The minimum Gasteiger partial charge on any atom is -0.288 e. The van der Waals surface area contributed by atoms with Gasteiger partial charge in [0.2, 0.25) is 10.0 Å². The molecule has 25 heavy (non-hydrogen) atoms. The summed E-state index contributed by atoms with van der Waals surface area (Å²) < 4.78 is 26.7. The Morgan fingerprint density at radius 3 is 2.16 bits per heavy atom. The second-order valence-corrected chi connectivity index (χ2v) is 9.90. The van der Waals surface area contributed by atoms with Gasteiger partial charge in [-0.3, -0.25) is 4.79 Å². The molecule has 0 saturated heterocycles. The molecule has 0 heterocycles. The van der Waals surface area contributed by atoms with E-state index in [1.807, 2.05) is 42.5 Å². The number of sulfonamides is 1. The largest absolute Gasteiger partial charge is 0.288 e. The third-order valence-corrected chi connectivity index (χ3v) is 7.69. The molecule has 2 aromatic carbocycles. The van der Waals surface area contributed by atoms with E-state index < -0.39 is 10.0 Å². The number of hydrogen-bond donors (Lipinski definition) is 0. The molecule has 0 spiro atoms. The van der Waals surface area contributed by atoms with Crippen LogP contribution in [-0.4, -0.2) is 36.7 Å². The Kier molecular flexibility index (Phi) is 7.13. The summed E-state index contributed by atoms with van der Waals surface area (Å²) in [4.78, 5) is 13.4. The molecule has 0 amide bonds. The molecule has 0 saturated carbocycles. The van der Waals surface area contributed by atoms with Crippen molar-refractivity contribution >= 4 is 38.7 Å². The maximum atomic E-state index is 12.7. The van der Waals surface area contributed by atoms with E-state index in [9.17, 15) is 13.2 Å². The van der Waals surface area contributed by atoms with Crippen molar-refractivity contribution < 1.29 is 13.2 Å². The molecular weight excluding hydrogens is 374 g/mol. The molecule has 0 aliphatic carbocycles. The maximum absolute atomic E-state index is 12.7. The van der Waals surface area contributed by atoms with Gasteiger partial charge < -0.3 is 0 Å². The van der Waals surface area contributed by atoms with Crippen molar-refractivity contribution in [3.63, 3.8) is 0 Å². The number of carbonyl (C=O) groups excluding carboxylic acids is 1. The predicted molar refractivity (Wildman–Crippen MR) is 105 cm³/mol. The van der Waals surface area contributed by atoms with Crippen LogP contribution in [0.2, 0.25) is 0 Å². The fourth-order valence-corrected chi connectivity index (χ4v) is 5.04. The number of nitrogens with zero attached hydrogens (tertiary/aromatic N) is 1. The van der Waals surface area contributed by atoms with Gasteiger partial charge in [-0.1, -0.05) is 41.7 Å². The smallest absolute Gasteiger partial charge is 0.243 e. The summed E-state index contributed by atoms with van der Waals surface area (Å²) >= 11 is 2.72. The molecule has 4 nitrogen and oxygen atoms in total. The van der Waals surface area contributed by atoms with Crippen molar-refractivity contribution in [3.8, 4) is 0 Å². The molecule has 7 heteroatoms. The van der Waals surface area contributed by atoms with Crippen molar-refractivity contribution in [1.82, 2.24) is 4.31 Å². The van der Waals surface area contributed by atoms with Crippen molar-refractivity contribution in [2.75, 3.05) is 12.8 Å². The van der Waals surface area contributed by atoms with Gasteiger partial charge in [-0.25, -0.2) is 8.42 Å². The van der Waals surface area contributed by atoms with Crippen LogP contribution in [0.15, 0.2) is 69.3 Å². The normalized spacial score (nSPS) is 13.0. The van der Waals surface area contributed by atoms with E-state index in [1.165, 1.54) is 11.2 Å². The summed E-state index contributed by atoms with van der Waals surface area (Å²) in [5.41, 5.74) is 0. The minimum absolute atomic E-state index is 0.0139. The van der Waals surface area contributed by atoms with Crippen LogP contribution in [0, 0.1) is 0 Å². The first kappa shape index (κ1) is 20.0. The first-order chi connectivity index (χ1) is 11.8. The molecule has 0 radical (unpaired) electrons. The van der Waals surface area contributed by atoms with Crippen LogP contribution in [0.4, 0.5) is 0 Å². The summed E-state index contributed by atoms with van der Waals surface area (Å²) in [5, 5.41) is -0.0139. The highest BCUT2D eigenvalue weighted by Gasteiger charge is 2.25. The second kappa shape index (κ2) is 8.89. The molecule has 2 rings (SSSR count). The Labute approximate surface area is 158 Å². The van der Waals surface area contributed by atoms with Crippen LogP contribution >= 0.6 is 23.5 Å². The predicted octanol–water partition coefficient (Wildman–Crippen LogP) is 4.13. The van der Waals surface area contributed by atoms with Crippen molar-refractivity contribution in [1.29, 1.82) is 0 Å². The molecule has 0 aliphatic heterocycles. The highest BCUT2D eigenvalue weighted by Crippen LogP contribution is 2.29. The van der Waals surface area contributed by atoms with Gasteiger partial charge in [-0.2, -0.15) is 4.31 Å². The average molecular weight is 396 g/mol. The third kappa shape index (κ3) is 5.60. The lowest BCUT2D eigenvalue weighted by atomic mass is 10.4. The lowest BCUT2D eigenvalue weighted by Crippen LogP contribution is -2.36. The summed E-state index contributed by atoms with van der Waals surface area (Å²) in [6, 6.07) is 16.5. The highest BCUT2D eigenvalue weighted by molar-refractivity contribution is 8.13. The van der Waals surface area contributed by atoms with Crippen molar-refractivity contribution in [2.24, 2.45) is 0 Å². The number of thioether (sulfide) groups is 1. The Balaban J connectivity index is 2.10. The van der Waals surface area contributed by atoms with Crippen LogP contribution < -0.4 is 0 Å². The number of rotatable bonds is 7. The van der Waals surface area contributed by atoms with Crippen molar-refractivity contribution in [3.05, 3.63) is 54.6 Å². The lowest BCUT2D eigenvalue weighted by Gasteiger charge is -2.23. The van der Waals surface area contributed by atoms with Gasteiger partial charge in [-0.15, -0.1) is 0 Å². The van der Waals surface area contributed by atoms with E-state index in [0.29, 0.717) is 5.75 Å². The molecular formula is C18H21NO3S3. The monoisotopic (exact) mass is 395 g/mol. The molecule has 134 valence electrons. The first-order valence-corrected chi connectivity index (χ1v) is 11.0. The summed E-state index contributed by atoms with van der Waals surface area (Å²) in [5.74, 6) is 0.438. The zero-order valence-corrected chi connectivity index (χ0v) is 16.8. The molecule has 0 fully saturated rings. The molecule has 2 aromatic rings. The molecule has 0 N–H and O–H groups in total. The van der Waals surface area contributed by atoms with Crippen LogP contribution in [0.25, 0.3) is 0 Å². The first-order valence-electron chi connectivity index (χ1n) is 7.75. The van der Waals surface area contributed by atoms with Crippen LogP contribution in [0.3, 0.4) is 0 Å². The number of benzene rings is 2. The highest BCUT2D eigenvalue weighted by atomic mass is 32.2. The number of hydrogen-bond acceptors (Lipinski definition) is 5. The summed E-state index contributed by atoms with van der Waals surface area (Å²) in [7, 11) is -2.03. The standard InChI is InChI=1S/C18H21NO3S3/c1-14(13-23-15(2)20)19(3)25(21,22)18-11-9-17(10-12-18)24-16-7-5-4-6-8-16/h4-12,14H,13H2,1-3H3. The molecule has 0 bridgehead atoms. The Morgan fingerprint density at radius 2 is 1.60 bits per heavy atom. The fraction of sp³-hybridized carbons (Fsp3) is 0.278. The molecule has 0 aliphatic rings. The van der Waals surface area contributed by atoms with Crippen LogP contribution in [-0.2, 0) is 14.8 Å². The molecule has 0 aromatic heterocycles. The van der Waals surface area contributed by atoms with Gasteiger partial charge in [0.1, 0.15) is 0 Å². The lowest BCUT2D eigenvalue weighted by molar-refractivity contribution is -0.109. The van der Waals surface area contributed by atoms with Gasteiger partial charge in [0.05, 0.1) is 4.90 Å². The van der Waals surface area contributed by atoms with E-state index in [-0.39, 0.29) is 16.1 Å². The SMILES string of the molecule is CC(=O)SCC(C)N(C)S(=O)(=O)c1ccc(Sc2ccccc2)cc1. The van der Waals surface area contributed by atoms with E-state index in [1.54, 1.807) is 37.9 Å². The van der Waals surface area contributed by atoms with E-state index in [4.69, 9.17) is 0 Å². The van der Waals surface area contributed by atoms with E-state index >= 15 is 0 Å². The van der Waals surface area contributed by atoms with Crippen LogP contribution in [0.1, 0.15) is 13.8 Å². The van der Waals surface area contributed by atoms with E-state index in [0.717, 1.165) is 21.6 Å². The Morgan fingerprint density at radius 1 is 1.04 bits per heavy atom. The van der Waals surface area contributed by atoms with Gasteiger partial charge in [0, 0.05) is 35.6 Å². The molecule has 1 atom stereocenters. The Bertz CT molecular complexity index is 805. The maximum Gasteiger partial charge on any atom is 0.243 e. The fourth-order valence-electron chi connectivity index (χ4n) is 2.05. The molecule has 1 unspecified atom stereocenters. The zero-order chi connectivity index (χ0) is 18.4. The number of carbonyl (C=O) groups is 1. The summed E-state index contributed by atoms with van der Waals surface area (Å²) in [6.07, 6.45) is 0. The topological polar surface area (TPSA) is 54.5 Å².